The summed E-state index contributed by atoms with van der Waals surface area (Å²) in [4.78, 5) is 1.10. The number of hydrogen-bond acceptors (Lipinski definition) is 3. The van der Waals surface area contributed by atoms with E-state index >= 15 is 0 Å². The first-order valence-electron chi connectivity index (χ1n) is 5.81. The number of hydrogen-bond donors (Lipinski definition) is 2. The second-order valence-electron chi connectivity index (χ2n) is 4.30. The summed E-state index contributed by atoms with van der Waals surface area (Å²) >= 11 is 7.82. The molecule has 0 saturated carbocycles. The van der Waals surface area contributed by atoms with Crippen LogP contribution in [0.25, 0.3) is 21.7 Å². The maximum absolute atomic E-state index is 6.18. The van der Waals surface area contributed by atoms with E-state index in [1.165, 1.54) is 0 Å². The van der Waals surface area contributed by atoms with Gasteiger partial charge in [0.05, 0.1) is 11.3 Å². The minimum atomic E-state index is 0.508. The topological polar surface area (TPSA) is 54.7 Å². The van der Waals surface area contributed by atoms with Crippen molar-refractivity contribution in [3.05, 3.63) is 46.3 Å². The summed E-state index contributed by atoms with van der Waals surface area (Å²) < 4.78 is 0. The third-order valence-corrected chi connectivity index (χ3v) is 4.32. The average molecular weight is 290 g/mol. The van der Waals surface area contributed by atoms with Crippen molar-refractivity contribution in [2.75, 3.05) is 5.73 Å². The highest BCUT2D eigenvalue weighted by atomic mass is 35.5. The van der Waals surface area contributed by atoms with Crippen LogP contribution in [-0.4, -0.2) is 10.2 Å². The van der Waals surface area contributed by atoms with E-state index in [1.807, 2.05) is 42.6 Å². The summed E-state index contributed by atoms with van der Waals surface area (Å²) in [6.07, 6.45) is 0. The lowest BCUT2D eigenvalue weighted by molar-refractivity contribution is 1.10. The number of H-pyrrole nitrogens is 1. The highest BCUT2D eigenvalue weighted by Crippen LogP contribution is 2.37. The molecule has 0 unspecified atom stereocenters. The molecule has 0 amide bonds. The Bertz CT molecular complexity index is 716. The van der Waals surface area contributed by atoms with Gasteiger partial charge in [-0.1, -0.05) is 29.8 Å². The standard InChI is InChI=1S/C14H12ClN3S/c1-8-4-5-9(7-10(8)15)13-12(14(16)18-17-13)11-3-2-6-19-11/h2-7H,1H3,(H3,16,17,18). The van der Waals surface area contributed by atoms with Crippen molar-refractivity contribution in [2.24, 2.45) is 0 Å². The molecule has 3 rings (SSSR count). The van der Waals surface area contributed by atoms with E-state index in [4.69, 9.17) is 17.3 Å². The van der Waals surface area contributed by atoms with E-state index < -0.39 is 0 Å². The van der Waals surface area contributed by atoms with Gasteiger partial charge in [0, 0.05) is 15.5 Å². The van der Waals surface area contributed by atoms with Gasteiger partial charge in [-0.2, -0.15) is 5.10 Å². The molecule has 3 nitrogen and oxygen atoms in total. The molecule has 0 spiro atoms. The summed E-state index contributed by atoms with van der Waals surface area (Å²) in [5.41, 5.74) is 9.85. The molecule has 0 aliphatic heterocycles. The number of benzene rings is 1. The second-order valence-corrected chi connectivity index (χ2v) is 5.66. The number of aromatic amines is 1. The number of aryl methyl sites for hydroxylation is 1. The lowest BCUT2D eigenvalue weighted by Gasteiger charge is -2.04. The zero-order valence-electron chi connectivity index (χ0n) is 10.3. The largest absolute Gasteiger partial charge is 0.382 e. The van der Waals surface area contributed by atoms with Gasteiger partial charge in [-0.3, -0.25) is 5.10 Å². The zero-order valence-corrected chi connectivity index (χ0v) is 11.8. The Kier molecular flexibility index (Phi) is 3.05. The predicted octanol–water partition coefficient (Wildman–Crippen LogP) is 4.35. The highest BCUT2D eigenvalue weighted by Gasteiger charge is 2.15. The molecule has 0 aliphatic carbocycles. The van der Waals surface area contributed by atoms with E-state index in [2.05, 4.69) is 10.2 Å². The lowest BCUT2D eigenvalue weighted by atomic mass is 10.0. The molecule has 96 valence electrons. The van der Waals surface area contributed by atoms with E-state index in [1.54, 1.807) is 11.3 Å². The molecular weight excluding hydrogens is 278 g/mol. The number of nitrogen functional groups attached to an aromatic ring is 1. The van der Waals surface area contributed by atoms with Crippen molar-refractivity contribution in [3.63, 3.8) is 0 Å². The van der Waals surface area contributed by atoms with E-state index in [0.29, 0.717) is 5.82 Å². The van der Waals surface area contributed by atoms with Gasteiger partial charge >= 0.3 is 0 Å². The van der Waals surface area contributed by atoms with Gasteiger partial charge in [-0.25, -0.2) is 0 Å². The summed E-state index contributed by atoms with van der Waals surface area (Å²) in [6, 6.07) is 9.97. The summed E-state index contributed by atoms with van der Waals surface area (Å²) in [5.74, 6) is 0.508. The fourth-order valence-corrected chi connectivity index (χ4v) is 2.95. The third kappa shape index (κ3) is 2.13. The van der Waals surface area contributed by atoms with Crippen molar-refractivity contribution in [1.29, 1.82) is 0 Å². The molecule has 2 heterocycles. The monoisotopic (exact) mass is 289 g/mol. The van der Waals surface area contributed by atoms with Crippen LogP contribution in [0.2, 0.25) is 5.02 Å². The summed E-state index contributed by atoms with van der Waals surface area (Å²) in [6.45, 7) is 1.98. The number of thiophene rings is 1. The normalized spacial score (nSPS) is 10.8. The van der Waals surface area contributed by atoms with Gasteiger partial charge < -0.3 is 5.73 Å². The van der Waals surface area contributed by atoms with Crippen LogP contribution < -0.4 is 5.73 Å². The molecule has 0 fully saturated rings. The van der Waals surface area contributed by atoms with Gasteiger partial charge in [0.25, 0.3) is 0 Å². The van der Waals surface area contributed by atoms with Gasteiger partial charge in [0.1, 0.15) is 0 Å². The Hall–Kier alpha value is -1.78. The average Bonchev–Trinajstić information content (AvgIpc) is 3.01. The first-order valence-corrected chi connectivity index (χ1v) is 7.07. The van der Waals surface area contributed by atoms with Crippen molar-refractivity contribution in [2.45, 2.75) is 6.92 Å². The number of anilines is 1. The molecule has 19 heavy (non-hydrogen) atoms. The summed E-state index contributed by atoms with van der Waals surface area (Å²) in [7, 11) is 0. The number of aromatic nitrogens is 2. The van der Waals surface area contributed by atoms with Crippen LogP contribution in [0.4, 0.5) is 5.82 Å². The third-order valence-electron chi connectivity index (χ3n) is 3.02. The van der Waals surface area contributed by atoms with E-state index in [-0.39, 0.29) is 0 Å². The Morgan fingerprint density at radius 3 is 2.84 bits per heavy atom. The number of nitrogens with one attached hydrogen (secondary N) is 1. The minimum absolute atomic E-state index is 0.508. The Morgan fingerprint density at radius 2 is 2.16 bits per heavy atom. The smallest absolute Gasteiger partial charge is 0.154 e. The van der Waals surface area contributed by atoms with E-state index in [9.17, 15) is 0 Å². The maximum atomic E-state index is 6.18. The molecule has 2 aromatic heterocycles. The van der Waals surface area contributed by atoms with Crippen molar-refractivity contribution < 1.29 is 0 Å². The molecule has 1 aromatic carbocycles. The van der Waals surface area contributed by atoms with Crippen LogP contribution in [0.1, 0.15) is 5.56 Å². The number of nitrogens with zero attached hydrogens (tertiary/aromatic N) is 1. The lowest BCUT2D eigenvalue weighted by Crippen LogP contribution is -1.87. The fraction of sp³-hybridized carbons (Fsp3) is 0.0714. The molecule has 0 saturated heterocycles. The van der Waals surface area contributed by atoms with Crippen LogP contribution in [0.3, 0.4) is 0 Å². The molecule has 3 N–H and O–H groups in total. The van der Waals surface area contributed by atoms with Crippen LogP contribution in [0, 0.1) is 6.92 Å². The first-order chi connectivity index (χ1) is 9.16. The maximum Gasteiger partial charge on any atom is 0.154 e. The van der Waals surface area contributed by atoms with Crippen LogP contribution in [0.15, 0.2) is 35.7 Å². The van der Waals surface area contributed by atoms with Crippen LogP contribution in [-0.2, 0) is 0 Å². The van der Waals surface area contributed by atoms with Gasteiger partial charge in [-0.15, -0.1) is 11.3 Å². The first kappa shape index (κ1) is 12.3. The Labute approximate surface area is 120 Å². The zero-order chi connectivity index (χ0) is 13.4. The summed E-state index contributed by atoms with van der Waals surface area (Å²) in [5, 5.41) is 9.88. The second kappa shape index (κ2) is 4.72. The highest BCUT2D eigenvalue weighted by molar-refractivity contribution is 7.13. The molecule has 0 bridgehead atoms. The van der Waals surface area contributed by atoms with Crippen molar-refractivity contribution in [1.82, 2.24) is 10.2 Å². The fourth-order valence-electron chi connectivity index (χ4n) is 1.98. The molecular formula is C14H12ClN3S. The SMILES string of the molecule is Cc1ccc(-c2[nH]nc(N)c2-c2cccs2)cc1Cl. The van der Waals surface area contributed by atoms with Crippen LogP contribution >= 0.6 is 22.9 Å². The van der Waals surface area contributed by atoms with Gasteiger partial charge in [0.15, 0.2) is 5.82 Å². The molecule has 0 atom stereocenters. The molecule has 3 aromatic rings. The van der Waals surface area contributed by atoms with Crippen molar-refractivity contribution in [3.8, 4) is 21.7 Å². The van der Waals surface area contributed by atoms with Gasteiger partial charge in [-0.05, 0) is 30.0 Å². The number of halogens is 1. The van der Waals surface area contributed by atoms with E-state index in [0.717, 1.165) is 32.3 Å². The Morgan fingerprint density at radius 1 is 1.32 bits per heavy atom. The Balaban J connectivity index is 2.18. The van der Waals surface area contributed by atoms with Gasteiger partial charge in [0.2, 0.25) is 0 Å². The number of rotatable bonds is 2. The number of nitrogens with two attached hydrogens (primary N) is 1. The molecule has 0 radical (unpaired) electrons. The van der Waals surface area contributed by atoms with Crippen molar-refractivity contribution >= 4 is 28.8 Å². The predicted molar refractivity (Wildman–Crippen MR) is 81.5 cm³/mol. The minimum Gasteiger partial charge on any atom is -0.382 e. The quantitative estimate of drug-likeness (QED) is 0.737. The van der Waals surface area contributed by atoms with Crippen LogP contribution in [0.5, 0.6) is 0 Å². The molecule has 5 heteroatoms. The molecule has 0 aliphatic rings.